The largest absolute Gasteiger partial charge is 0.443 e. The molecular formula is C47H76N4O12. The fraction of sp³-hybridized carbons (Fsp3) is 0.830. The summed E-state index contributed by atoms with van der Waals surface area (Å²) in [6.45, 7) is 19.1. The Labute approximate surface area is 374 Å². The van der Waals surface area contributed by atoms with Gasteiger partial charge < -0.3 is 58.7 Å². The minimum absolute atomic E-state index is 0.0222. The molecule has 0 radical (unpaired) electrons. The van der Waals surface area contributed by atoms with E-state index < -0.39 is 71.1 Å². The van der Waals surface area contributed by atoms with Gasteiger partial charge in [0.25, 0.3) is 0 Å². The molecule has 0 aromatic rings. The maximum absolute atomic E-state index is 13.7. The zero-order chi connectivity index (χ0) is 46.4. The average molecular weight is 889 g/mol. The minimum atomic E-state index is -0.746. The highest BCUT2D eigenvalue weighted by atomic mass is 16.6. The Bertz CT molecular complexity index is 1760. The van der Waals surface area contributed by atoms with Crippen LogP contribution in [0, 0.1) is 29.6 Å². The van der Waals surface area contributed by atoms with Gasteiger partial charge in [-0.1, -0.05) is 51.0 Å². The minimum Gasteiger partial charge on any atom is -0.443 e. The zero-order valence-electron chi connectivity index (χ0n) is 40.2. The molecule has 4 saturated heterocycles. The first-order valence-corrected chi connectivity index (χ1v) is 23.0. The third kappa shape index (κ3) is 10.1. The first kappa shape index (κ1) is 49.2. The second-order valence-electron chi connectivity index (χ2n) is 20.5. The summed E-state index contributed by atoms with van der Waals surface area (Å²) >= 11 is 0. The molecule has 5 unspecified atom stereocenters. The predicted octanol–water partition coefficient (Wildman–Crippen LogP) is 5.07. The molecule has 3 N–H and O–H groups in total. The van der Waals surface area contributed by atoms with Crippen molar-refractivity contribution < 1.29 is 57.1 Å². The lowest BCUT2D eigenvalue weighted by atomic mass is 9.62. The molecule has 15 atom stereocenters. The van der Waals surface area contributed by atoms with Crippen molar-refractivity contribution in [2.75, 3.05) is 48.6 Å². The van der Waals surface area contributed by atoms with Crippen LogP contribution >= 0.6 is 0 Å². The molecule has 0 aromatic heterocycles. The average Bonchev–Trinajstić information content (AvgIpc) is 4.09. The van der Waals surface area contributed by atoms with Gasteiger partial charge in [-0.15, -0.1) is 0 Å². The first-order chi connectivity index (χ1) is 29.6. The highest BCUT2D eigenvalue weighted by Gasteiger charge is 2.75. The Morgan fingerprint density at radius 3 is 1.79 bits per heavy atom. The highest BCUT2D eigenvalue weighted by Crippen LogP contribution is 2.63. The van der Waals surface area contributed by atoms with E-state index in [4.69, 9.17) is 37.9 Å². The molecular weight excluding hydrogens is 813 g/mol. The normalized spacial score (nSPS) is 38.7. The van der Waals surface area contributed by atoms with E-state index in [0.29, 0.717) is 45.3 Å². The van der Waals surface area contributed by atoms with Crippen LogP contribution in [0.5, 0.6) is 0 Å². The summed E-state index contributed by atoms with van der Waals surface area (Å²) in [5, 5.41) is 8.21. The lowest BCUT2D eigenvalue weighted by Gasteiger charge is -2.47. The fourth-order valence-electron chi connectivity index (χ4n) is 11.1. The topological polar surface area (TPSA) is 195 Å². The van der Waals surface area contributed by atoms with Crippen LogP contribution in [0.3, 0.4) is 0 Å². The summed E-state index contributed by atoms with van der Waals surface area (Å²) in [6.07, 6.45) is 4.61. The molecule has 16 heteroatoms. The first-order valence-electron chi connectivity index (χ1n) is 23.0. The quantitative estimate of drug-likeness (QED) is 0.122. The maximum atomic E-state index is 13.7. The number of nitrogens with zero attached hydrogens (tertiary/aromatic N) is 1. The number of epoxide rings is 4. The lowest BCUT2D eigenvalue weighted by molar-refractivity contribution is -0.139. The van der Waals surface area contributed by atoms with Gasteiger partial charge in [0, 0.05) is 35.4 Å². The van der Waals surface area contributed by atoms with Crippen molar-refractivity contribution in [3.8, 4) is 0 Å². The van der Waals surface area contributed by atoms with Gasteiger partial charge in [0.05, 0.1) is 37.3 Å². The predicted molar refractivity (Wildman–Crippen MR) is 234 cm³/mol. The van der Waals surface area contributed by atoms with Gasteiger partial charge in [0.15, 0.2) is 0 Å². The monoisotopic (exact) mass is 889 g/mol. The van der Waals surface area contributed by atoms with Crippen molar-refractivity contribution in [1.29, 1.82) is 0 Å². The van der Waals surface area contributed by atoms with Gasteiger partial charge in [0.1, 0.15) is 58.9 Å². The number of rotatable bonds is 18. The van der Waals surface area contributed by atoms with Gasteiger partial charge in [-0.25, -0.2) is 9.59 Å². The Morgan fingerprint density at radius 2 is 1.30 bits per heavy atom. The number of allylic oxidation sites excluding steroid dienone is 2. The summed E-state index contributed by atoms with van der Waals surface area (Å²) in [5.74, 6) is -1.22. The number of likely N-dealkylation sites (N-methyl/N-ethyl adjacent to an activating group) is 2. The van der Waals surface area contributed by atoms with Crippen molar-refractivity contribution in [1.82, 2.24) is 20.9 Å². The number of hydrogen-bond acceptors (Lipinski definition) is 12. The zero-order valence-corrected chi connectivity index (χ0v) is 40.2. The van der Waals surface area contributed by atoms with Crippen LogP contribution < -0.4 is 16.0 Å². The van der Waals surface area contributed by atoms with Crippen LogP contribution in [0.4, 0.5) is 9.59 Å². The van der Waals surface area contributed by atoms with Crippen LogP contribution in [0.2, 0.25) is 0 Å². The van der Waals surface area contributed by atoms with Crippen molar-refractivity contribution in [3.63, 3.8) is 0 Å². The molecule has 2 saturated carbocycles. The van der Waals surface area contributed by atoms with E-state index in [1.54, 1.807) is 28.3 Å². The van der Waals surface area contributed by atoms with Crippen LogP contribution in [-0.2, 0) is 47.5 Å². The third-order valence-electron chi connectivity index (χ3n) is 14.9. The van der Waals surface area contributed by atoms with Crippen LogP contribution in [0.1, 0.15) is 101 Å². The van der Waals surface area contributed by atoms with Gasteiger partial charge >= 0.3 is 12.2 Å². The van der Waals surface area contributed by atoms with E-state index in [1.807, 2.05) is 27.7 Å². The number of carbonyl (C=O) groups excluding carboxylic acids is 4. The van der Waals surface area contributed by atoms with Crippen molar-refractivity contribution in [2.24, 2.45) is 29.6 Å². The molecule has 4 heterocycles. The number of hydrogen-bond donors (Lipinski definition) is 3. The Hall–Kier alpha value is -3.28. The van der Waals surface area contributed by atoms with Crippen molar-refractivity contribution in [3.05, 3.63) is 23.3 Å². The Balaban J connectivity index is 1.17. The molecule has 6 aliphatic rings. The summed E-state index contributed by atoms with van der Waals surface area (Å²) in [6, 6.07) is -1.48. The highest BCUT2D eigenvalue weighted by molar-refractivity contribution is 5.86. The van der Waals surface area contributed by atoms with Crippen molar-refractivity contribution >= 4 is 24.0 Å². The molecule has 2 aliphatic carbocycles. The second kappa shape index (κ2) is 18.9. The molecule has 6 fully saturated rings. The number of ether oxygens (including phenoxy) is 8. The summed E-state index contributed by atoms with van der Waals surface area (Å²) in [7, 11) is 8.16. The van der Waals surface area contributed by atoms with Crippen molar-refractivity contribution in [2.45, 2.75) is 172 Å². The number of methoxy groups -OCH3 is 2. The summed E-state index contributed by atoms with van der Waals surface area (Å²) < 4.78 is 50.4. The number of amides is 4. The molecule has 356 valence electrons. The van der Waals surface area contributed by atoms with E-state index >= 15 is 0 Å². The number of nitrogens with one attached hydrogen (secondary N) is 3. The van der Waals surface area contributed by atoms with Gasteiger partial charge in [0.2, 0.25) is 11.8 Å². The number of alkyl carbamates (subject to hydrolysis) is 2. The molecule has 4 aliphatic heterocycles. The SMILES string of the molecule is CNC(=O)C(NC(=O)O[C@@H]1CCC2(CO2)[C@@H]([C@@]2(C)O[C@@H]2C/C=C(\C)CC2C[C@@H](OC(=O)NC(C(=O)N(C)C)C(C)C)[C@@H](OC)[C@H]([C@@]3(C)O[C@@H]3CC=C(C)C)C23CO3)[C@@H]1OC)C(C)C. The van der Waals surface area contributed by atoms with E-state index in [9.17, 15) is 19.2 Å². The third-order valence-corrected chi connectivity index (χ3v) is 14.9. The molecule has 0 bridgehead atoms. The molecule has 16 nitrogen and oxygen atoms in total. The van der Waals surface area contributed by atoms with Crippen LogP contribution in [0.15, 0.2) is 23.3 Å². The molecule has 4 amide bonds. The summed E-state index contributed by atoms with van der Waals surface area (Å²) in [4.78, 5) is 53.8. The van der Waals surface area contributed by atoms with E-state index in [0.717, 1.165) is 12.0 Å². The van der Waals surface area contributed by atoms with E-state index in [-0.39, 0.29) is 53.6 Å². The van der Waals surface area contributed by atoms with Gasteiger partial charge in [-0.05, 0) is 90.9 Å². The number of carbonyl (C=O) groups is 4. The maximum Gasteiger partial charge on any atom is 0.408 e. The Morgan fingerprint density at radius 1 is 0.778 bits per heavy atom. The van der Waals surface area contributed by atoms with E-state index in [1.165, 1.54) is 17.5 Å². The molecule has 0 aromatic carbocycles. The second-order valence-corrected chi connectivity index (χ2v) is 20.5. The molecule has 2 spiro atoms. The van der Waals surface area contributed by atoms with Gasteiger partial charge in [-0.2, -0.15) is 0 Å². The lowest BCUT2D eigenvalue weighted by Crippen LogP contribution is -2.60. The smallest absolute Gasteiger partial charge is 0.408 e. The van der Waals surface area contributed by atoms with E-state index in [2.05, 4.69) is 62.7 Å². The van der Waals surface area contributed by atoms with Crippen LogP contribution in [0.25, 0.3) is 0 Å². The molecule has 6 rings (SSSR count). The Kier molecular flexibility index (Phi) is 14.8. The molecule has 63 heavy (non-hydrogen) atoms. The summed E-state index contributed by atoms with van der Waals surface area (Å²) in [5.41, 5.74) is 0.253. The standard InChI is InChI=1S/C47H76N4O12/c1-25(2)15-17-32-45(9,63-32)39-37(57-14)31(61-43(55)50-35(27(5)6)41(53)51(11)12)22-29(47(39)24-59-47)21-28(7)16-18-33-44(8,62-33)38-36(56-13)30(19-20-46(38)23-58-46)60-42(54)49-34(26(3)4)40(52)48-10/h15-16,26-27,29-39H,17-24H2,1-14H3,(H,48,52)(H,49,54)(H,50,55)/b28-16+/t29?,30-,31-,32-,33-,34?,35?,36-,37-,38-,39-,44+,45+,46?,47?/m1/s1. The van der Waals surface area contributed by atoms with Gasteiger partial charge in [-0.3, -0.25) is 9.59 Å². The van der Waals surface area contributed by atoms with Crippen LogP contribution in [-0.4, -0.2) is 149 Å². The fourth-order valence-corrected chi connectivity index (χ4v) is 11.1.